The molecule has 0 amide bonds. The molecule has 0 aliphatic carbocycles. The van der Waals surface area contributed by atoms with Crippen molar-refractivity contribution in [3.05, 3.63) is 121 Å². The third-order valence-electron chi connectivity index (χ3n) is 6.89. The van der Waals surface area contributed by atoms with Gasteiger partial charge in [-0.3, -0.25) is 4.40 Å². The number of fused-ring (bicyclic) bond motifs is 4. The van der Waals surface area contributed by atoms with Crippen molar-refractivity contribution in [1.82, 2.24) is 18.9 Å². The maximum absolute atomic E-state index is 4.97. The van der Waals surface area contributed by atoms with E-state index in [-0.39, 0.29) is 0 Å². The lowest BCUT2D eigenvalue weighted by Gasteiger charge is -2.10. The third kappa shape index (κ3) is 3.15. The Labute approximate surface area is 209 Å². The van der Waals surface area contributed by atoms with Gasteiger partial charge in [0, 0.05) is 28.1 Å². The normalized spacial score (nSPS) is 11.6. The zero-order valence-electron chi connectivity index (χ0n) is 20.2. The molecule has 0 aliphatic rings. The average Bonchev–Trinajstić information content (AvgIpc) is 3.45. The molecule has 3 aromatic heterocycles. The number of rotatable bonds is 3. The molecule has 0 fully saturated rings. The highest BCUT2D eigenvalue weighted by Gasteiger charge is 2.19. The van der Waals surface area contributed by atoms with Crippen LogP contribution in [0.2, 0.25) is 0 Å². The van der Waals surface area contributed by atoms with E-state index in [1.807, 2.05) is 18.3 Å². The molecule has 7 rings (SSSR count). The molecule has 3 heterocycles. The molecule has 4 aromatic carbocycles. The van der Waals surface area contributed by atoms with E-state index in [1.54, 1.807) is 0 Å². The smallest absolute Gasteiger partial charge is 0.234 e. The van der Waals surface area contributed by atoms with Crippen molar-refractivity contribution < 1.29 is 0 Å². The fourth-order valence-electron chi connectivity index (χ4n) is 5.24. The van der Waals surface area contributed by atoms with Crippen molar-refractivity contribution in [1.29, 1.82) is 0 Å². The van der Waals surface area contributed by atoms with Gasteiger partial charge in [-0.15, -0.1) is 0 Å². The molecule has 4 heteroatoms. The quantitative estimate of drug-likeness (QED) is 0.268. The largest absolute Gasteiger partial charge is 0.306 e. The summed E-state index contributed by atoms with van der Waals surface area (Å²) in [6.45, 7) is 4.30. The summed E-state index contributed by atoms with van der Waals surface area (Å²) in [5.41, 5.74) is 10.0. The first kappa shape index (κ1) is 20.7. The zero-order chi connectivity index (χ0) is 24.2. The molecule has 0 saturated carbocycles. The first-order chi connectivity index (χ1) is 17.7. The molecular formula is C32H24N4. The van der Waals surface area contributed by atoms with Crippen LogP contribution in [-0.4, -0.2) is 18.9 Å². The SMILES string of the molecule is Cc1ccc2c(c1)c1cc(C)ccc1n2-c1cnc2nc(-c3ccccc3)c(-c3ccccc3)n2c1. The lowest BCUT2D eigenvalue weighted by atomic mass is 10.1. The van der Waals surface area contributed by atoms with Gasteiger partial charge >= 0.3 is 0 Å². The zero-order valence-corrected chi connectivity index (χ0v) is 20.2. The van der Waals surface area contributed by atoms with Crippen LogP contribution in [0, 0.1) is 13.8 Å². The summed E-state index contributed by atoms with van der Waals surface area (Å²) in [7, 11) is 0. The van der Waals surface area contributed by atoms with Crippen LogP contribution in [-0.2, 0) is 0 Å². The van der Waals surface area contributed by atoms with Gasteiger partial charge in [0.1, 0.15) is 0 Å². The fourth-order valence-corrected chi connectivity index (χ4v) is 5.24. The topological polar surface area (TPSA) is 35.1 Å². The number of benzene rings is 4. The molecule has 172 valence electrons. The molecule has 0 saturated heterocycles. The molecule has 7 aromatic rings. The molecule has 0 bridgehead atoms. The van der Waals surface area contributed by atoms with Gasteiger partial charge in [0.05, 0.1) is 34.3 Å². The van der Waals surface area contributed by atoms with Crippen LogP contribution in [0.1, 0.15) is 11.1 Å². The summed E-state index contributed by atoms with van der Waals surface area (Å²) in [6, 6.07) is 34.1. The van der Waals surface area contributed by atoms with Crippen LogP contribution in [0.15, 0.2) is 109 Å². The van der Waals surface area contributed by atoms with Crippen molar-refractivity contribution in [3.63, 3.8) is 0 Å². The molecule has 4 nitrogen and oxygen atoms in total. The number of aryl methyl sites for hydroxylation is 2. The van der Waals surface area contributed by atoms with Gasteiger partial charge in [0.15, 0.2) is 0 Å². The highest BCUT2D eigenvalue weighted by molar-refractivity contribution is 6.09. The predicted molar refractivity (Wildman–Crippen MR) is 148 cm³/mol. The van der Waals surface area contributed by atoms with E-state index >= 15 is 0 Å². The van der Waals surface area contributed by atoms with Crippen LogP contribution in [0.5, 0.6) is 0 Å². The highest BCUT2D eigenvalue weighted by atomic mass is 15.1. The van der Waals surface area contributed by atoms with Gasteiger partial charge < -0.3 is 4.57 Å². The first-order valence-corrected chi connectivity index (χ1v) is 12.2. The van der Waals surface area contributed by atoms with Crippen LogP contribution < -0.4 is 0 Å². The number of nitrogens with zero attached hydrogens (tertiary/aromatic N) is 4. The lowest BCUT2D eigenvalue weighted by molar-refractivity contribution is 1.05. The van der Waals surface area contributed by atoms with Gasteiger partial charge in [-0.05, 0) is 38.1 Å². The van der Waals surface area contributed by atoms with Gasteiger partial charge in [-0.25, -0.2) is 9.97 Å². The van der Waals surface area contributed by atoms with E-state index in [0.29, 0.717) is 5.78 Å². The van der Waals surface area contributed by atoms with Gasteiger partial charge in [-0.2, -0.15) is 0 Å². The minimum absolute atomic E-state index is 0.684. The maximum atomic E-state index is 4.97. The average molecular weight is 465 g/mol. The highest BCUT2D eigenvalue weighted by Crippen LogP contribution is 2.35. The first-order valence-electron chi connectivity index (χ1n) is 12.2. The van der Waals surface area contributed by atoms with E-state index < -0.39 is 0 Å². The summed E-state index contributed by atoms with van der Waals surface area (Å²) >= 11 is 0. The Morgan fingerprint density at radius 2 is 1.22 bits per heavy atom. The van der Waals surface area contributed by atoms with Crippen molar-refractivity contribution in [3.8, 4) is 28.2 Å². The second-order valence-corrected chi connectivity index (χ2v) is 9.40. The summed E-state index contributed by atoms with van der Waals surface area (Å²) in [6.07, 6.45) is 4.10. The minimum atomic E-state index is 0.684. The fraction of sp³-hybridized carbons (Fsp3) is 0.0625. The summed E-state index contributed by atoms with van der Waals surface area (Å²) in [5.74, 6) is 0.684. The van der Waals surface area contributed by atoms with Crippen LogP contribution >= 0.6 is 0 Å². The number of aromatic nitrogens is 4. The van der Waals surface area contributed by atoms with Crippen LogP contribution in [0.4, 0.5) is 0 Å². The van der Waals surface area contributed by atoms with Crippen LogP contribution in [0.3, 0.4) is 0 Å². The van der Waals surface area contributed by atoms with Gasteiger partial charge in [0.25, 0.3) is 0 Å². The van der Waals surface area contributed by atoms with E-state index in [4.69, 9.17) is 9.97 Å². The Morgan fingerprint density at radius 1 is 0.639 bits per heavy atom. The summed E-state index contributed by atoms with van der Waals surface area (Å²) in [5, 5.41) is 2.51. The summed E-state index contributed by atoms with van der Waals surface area (Å²) < 4.78 is 4.44. The van der Waals surface area contributed by atoms with E-state index in [2.05, 4.69) is 114 Å². The van der Waals surface area contributed by atoms with Crippen molar-refractivity contribution >= 4 is 27.6 Å². The van der Waals surface area contributed by atoms with Gasteiger partial charge in [0.2, 0.25) is 5.78 Å². The van der Waals surface area contributed by atoms with E-state index in [1.165, 1.54) is 32.9 Å². The number of imidazole rings is 1. The van der Waals surface area contributed by atoms with Crippen LogP contribution in [0.25, 0.3) is 55.8 Å². The molecule has 36 heavy (non-hydrogen) atoms. The van der Waals surface area contributed by atoms with E-state index in [0.717, 1.165) is 28.2 Å². The Balaban J connectivity index is 1.56. The van der Waals surface area contributed by atoms with E-state index in [9.17, 15) is 0 Å². The Hall–Kier alpha value is -4.70. The molecule has 0 unspecified atom stereocenters. The predicted octanol–water partition coefficient (Wildman–Crippen LogP) is 7.78. The van der Waals surface area contributed by atoms with Gasteiger partial charge in [-0.1, -0.05) is 83.9 Å². The maximum Gasteiger partial charge on any atom is 0.234 e. The second-order valence-electron chi connectivity index (χ2n) is 9.40. The summed E-state index contributed by atoms with van der Waals surface area (Å²) in [4.78, 5) is 9.82. The lowest BCUT2D eigenvalue weighted by Crippen LogP contribution is -2.00. The molecule has 0 spiro atoms. The third-order valence-corrected chi connectivity index (χ3v) is 6.89. The molecular weight excluding hydrogens is 440 g/mol. The number of hydrogen-bond donors (Lipinski definition) is 0. The molecule has 0 atom stereocenters. The Bertz CT molecular complexity index is 1830. The molecule has 0 aliphatic heterocycles. The standard InChI is InChI=1S/C32H24N4/c1-21-13-15-28-26(17-21)27-18-22(2)14-16-29(27)36(28)25-19-33-32-34-30(23-9-5-3-6-10-23)31(35(32)20-25)24-11-7-4-8-12-24/h3-20H,1-2H3. The minimum Gasteiger partial charge on any atom is -0.306 e. The Kier molecular flexibility index (Phi) is 4.55. The van der Waals surface area contributed by atoms with Crippen molar-refractivity contribution in [2.24, 2.45) is 0 Å². The monoisotopic (exact) mass is 464 g/mol. The Morgan fingerprint density at radius 3 is 1.83 bits per heavy atom. The van der Waals surface area contributed by atoms with Crippen molar-refractivity contribution in [2.75, 3.05) is 0 Å². The second kappa shape index (κ2) is 7.92. The molecule has 0 N–H and O–H groups in total. The number of hydrogen-bond acceptors (Lipinski definition) is 2. The molecule has 0 radical (unpaired) electrons. The van der Waals surface area contributed by atoms with Crippen molar-refractivity contribution in [2.45, 2.75) is 13.8 Å².